The molecule has 1 heterocycles. The van der Waals surface area contributed by atoms with E-state index in [0.29, 0.717) is 28.6 Å². The van der Waals surface area contributed by atoms with Crippen molar-refractivity contribution in [3.05, 3.63) is 57.5 Å². The summed E-state index contributed by atoms with van der Waals surface area (Å²) in [5, 5.41) is 14.0. The van der Waals surface area contributed by atoms with Gasteiger partial charge in [-0.05, 0) is 37.0 Å². The molecule has 7 heteroatoms. The highest BCUT2D eigenvalue weighted by Crippen LogP contribution is 2.30. The fraction of sp³-hybridized carbons (Fsp3) is 0.250. The molecule has 0 unspecified atom stereocenters. The van der Waals surface area contributed by atoms with Gasteiger partial charge in [-0.3, -0.25) is 4.79 Å². The number of hydrogen-bond donors (Lipinski definition) is 1. The summed E-state index contributed by atoms with van der Waals surface area (Å²) in [6.07, 6.45) is 4.65. The molecule has 2 aromatic rings. The van der Waals surface area contributed by atoms with Gasteiger partial charge < -0.3 is 15.3 Å². The van der Waals surface area contributed by atoms with Crippen molar-refractivity contribution in [2.75, 3.05) is 11.9 Å². The Labute approximate surface area is 143 Å². The summed E-state index contributed by atoms with van der Waals surface area (Å²) in [6, 6.07) is 6.88. The van der Waals surface area contributed by atoms with Crippen LogP contribution in [0.1, 0.15) is 23.2 Å². The van der Waals surface area contributed by atoms with Crippen molar-refractivity contribution in [2.24, 2.45) is 5.92 Å². The Morgan fingerprint density at radius 3 is 2.65 bits per heavy atom. The Hall–Kier alpha value is -1.98. The first-order chi connectivity index (χ1) is 11.0. The van der Waals surface area contributed by atoms with E-state index < -0.39 is 0 Å². The molecule has 1 aliphatic carbocycles. The van der Waals surface area contributed by atoms with Gasteiger partial charge in [-0.1, -0.05) is 29.3 Å². The van der Waals surface area contributed by atoms with Crippen molar-refractivity contribution in [1.29, 1.82) is 0 Å². The van der Waals surface area contributed by atoms with Crippen molar-refractivity contribution in [1.82, 2.24) is 0 Å². The molecule has 0 bridgehead atoms. The van der Waals surface area contributed by atoms with E-state index in [2.05, 4.69) is 5.32 Å². The van der Waals surface area contributed by atoms with Crippen molar-refractivity contribution < 1.29 is 14.3 Å². The van der Waals surface area contributed by atoms with Crippen molar-refractivity contribution in [3.8, 4) is 5.75 Å². The van der Waals surface area contributed by atoms with E-state index in [-0.39, 0.29) is 21.6 Å². The highest BCUT2D eigenvalue weighted by molar-refractivity contribution is 6.39. The third-order valence-electron chi connectivity index (χ3n) is 3.48. The Morgan fingerprint density at radius 1 is 1.30 bits per heavy atom. The molecule has 0 aliphatic heterocycles. The molecule has 1 aromatic carbocycles. The first-order valence-electron chi connectivity index (χ1n) is 7.15. The normalized spacial score (nSPS) is 13.7. The number of ether oxygens (including phenoxy) is 1. The fourth-order valence-electron chi connectivity index (χ4n) is 2.03. The van der Waals surface area contributed by atoms with E-state index in [4.69, 9.17) is 27.9 Å². The molecule has 0 spiro atoms. The van der Waals surface area contributed by atoms with Crippen LogP contribution in [0.3, 0.4) is 0 Å². The van der Waals surface area contributed by atoms with Gasteiger partial charge in [-0.2, -0.15) is 4.73 Å². The Balaban J connectivity index is 1.74. The van der Waals surface area contributed by atoms with Crippen molar-refractivity contribution in [3.63, 3.8) is 0 Å². The van der Waals surface area contributed by atoms with Gasteiger partial charge in [-0.25, -0.2) is 0 Å². The number of benzene rings is 1. The van der Waals surface area contributed by atoms with Crippen molar-refractivity contribution >= 4 is 34.8 Å². The van der Waals surface area contributed by atoms with E-state index in [9.17, 15) is 10.0 Å². The first kappa shape index (κ1) is 15.9. The first-order valence-corrected chi connectivity index (χ1v) is 7.90. The number of pyridine rings is 1. The molecule has 0 saturated heterocycles. The van der Waals surface area contributed by atoms with Gasteiger partial charge in [0.15, 0.2) is 0 Å². The zero-order valence-corrected chi connectivity index (χ0v) is 13.6. The third-order valence-corrected chi connectivity index (χ3v) is 4.05. The molecule has 1 N–H and O–H groups in total. The molecular weight excluding hydrogens is 339 g/mol. The van der Waals surface area contributed by atoms with Crippen LogP contribution in [0, 0.1) is 11.1 Å². The minimum atomic E-state index is -0.380. The molecule has 0 atom stereocenters. The number of aromatic nitrogens is 1. The monoisotopic (exact) mass is 352 g/mol. The van der Waals surface area contributed by atoms with Crippen molar-refractivity contribution in [2.45, 2.75) is 12.8 Å². The third kappa shape index (κ3) is 4.06. The lowest BCUT2D eigenvalue weighted by Crippen LogP contribution is -2.25. The van der Waals surface area contributed by atoms with E-state index in [1.165, 1.54) is 12.8 Å². The lowest BCUT2D eigenvalue weighted by Gasteiger charge is -2.10. The number of hydrogen-bond acceptors (Lipinski definition) is 3. The van der Waals surface area contributed by atoms with Crippen LogP contribution in [0.4, 0.5) is 5.69 Å². The second-order valence-electron chi connectivity index (χ2n) is 5.43. The number of amides is 1. The molecule has 1 aliphatic rings. The van der Waals surface area contributed by atoms with Crippen LogP contribution in [-0.2, 0) is 0 Å². The molecule has 5 nitrogen and oxygen atoms in total. The number of anilines is 1. The Morgan fingerprint density at radius 2 is 2.00 bits per heavy atom. The maximum absolute atomic E-state index is 12.3. The maximum Gasteiger partial charge on any atom is 0.255 e. The topological polar surface area (TPSA) is 65.3 Å². The molecule has 1 saturated carbocycles. The lowest BCUT2D eigenvalue weighted by atomic mass is 10.2. The Kier molecular flexibility index (Phi) is 4.59. The summed E-state index contributed by atoms with van der Waals surface area (Å²) < 4.78 is 6.14. The second-order valence-corrected chi connectivity index (χ2v) is 6.24. The summed E-state index contributed by atoms with van der Waals surface area (Å²) in [4.78, 5) is 12.3. The summed E-state index contributed by atoms with van der Waals surface area (Å²) >= 11 is 11.9. The fourth-order valence-corrected chi connectivity index (χ4v) is 2.57. The minimum absolute atomic E-state index is 0.0713. The van der Waals surface area contributed by atoms with Crippen LogP contribution < -0.4 is 14.8 Å². The van der Waals surface area contributed by atoms with Crippen LogP contribution >= 0.6 is 23.2 Å². The van der Waals surface area contributed by atoms with Crippen LogP contribution in [0.5, 0.6) is 5.75 Å². The number of carbonyl (C=O) groups is 1. The smallest absolute Gasteiger partial charge is 0.255 e. The summed E-state index contributed by atoms with van der Waals surface area (Å²) in [5.41, 5.74) is 0.624. The van der Waals surface area contributed by atoms with E-state index in [0.717, 1.165) is 12.4 Å². The van der Waals surface area contributed by atoms with Gasteiger partial charge in [0.1, 0.15) is 15.8 Å². The van der Waals surface area contributed by atoms with Gasteiger partial charge in [-0.15, -0.1) is 0 Å². The van der Waals surface area contributed by atoms with Crippen LogP contribution in [0.25, 0.3) is 0 Å². The SMILES string of the molecule is O=C(Nc1c(Cl)c[n+]([O-])cc1Cl)c1cccc(OCC2CC2)c1. The highest BCUT2D eigenvalue weighted by atomic mass is 35.5. The summed E-state index contributed by atoms with van der Waals surface area (Å²) in [5.74, 6) is 0.898. The standard InChI is InChI=1S/C16H14Cl2N2O3/c17-13-7-20(22)8-14(18)15(13)19-16(21)11-2-1-3-12(6-11)23-9-10-4-5-10/h1-3,6-8,10H,4-5,9H2,(H,19,21). The van der Waals surface area contributed by atoms with E-state index in [1.807, 2.05) is 6.07 Å². The maximum atomic E-state index is 12.3. The average molecular weight is 353 g/mol. The van der Waals surface area contributed by atoms with Crippen LogP contribution in [0.15, 0.2) is 36.7 Å². The van der Waals surface area contributed by atoms with Gasteiger partial charge >= 0.3 is 0 Å². The predicted octanol–water partition coefficient (Wildman–Crippen LogP) is 3.67. The van der Waals surface area contributed by atoms with Gasteiger partial charge in [0.25, 0.3) is 5.91 Å². The molecule has 1 aromatic heterocycles. The molecule has 0 radical (unpaired) electrons. The molecule has 120 valence electrons. The largest absolute Gasteiger partial charge is 0.619 e. The molecule has 1 fully saturated rings. The van der Waals surface area contributed by atoms with Gasteiger partial charge in [0.05, 0.1) is 12.3 Å². The lowest BCUT2D eigenvalue weighted by molar-refractivity contribution is -0.605. The summed E-state index contributed by atoms with van der Waals surface area (Å²) in [6.45, 7) is 0.672. The number of carbonyl (C=O) groups excluding carboxylic acids is 1. The van der Waals surface area contributed by atoms with E-state index in [1.54, 1.807) is 18.2 Å². The number of rotatable bonds is 5. The van der Waals surface area contributed by atoms with E-state index >= 15 is 0 Å². The minimum Gasteiger partial charge on any atom is -0.619 e. The van der Waals surface area contributed by atoms with Crippen LogP contribution in [-0.4, -0.2) is 12.5 Å². The van der Waals surface area contributed by atoms with Crippen LogP contribution in [0.2, 0.25) is 10.0 Å². The average Bonchev–Trinajstić information content (AvgIpc) is 3.33. The Bertz CT molecular complexity index is 725. The zero-order chi connectivity index (χ0) is 16.4. The highest BCUT2D eigenvalue weighted by Gasteiger charge is 2.22. The molecule has 1 amide bonds. The molecular formula is C16H14Cl2N2O3. The number of nitrogens with one attached hydrogen (secondary N) is 1. The summed E-state index contributed by atoms with van der Waals surface area (Å²) in [7, 11) is 0. The van der Waals surface area contributed by atoms with Gasteiger partial charge in [0, 0.05) is 5.56 Å². The molecule has 3 rings (SSSR count). The zero-order valence-electron chi connectivity index (χ0n) is 12.1. The number of halogens is 2. The predicted molar refractivity (Wildman–Crippen MR) is 88.0 cm³/mol. The molecule has 23 heavy (non-hydrogen) atoms. The van der Waals surface area contributed by atoms with Gasteiger partial charge in [0.2, 0.25) is 12.4 Å². The quantitative estimate of drug-likeness (QED) is 0.659. The number of nitrogens with zero attached hydrogens (tertiary/aromatic N) is 1. The second kappa shape index (κ2) is 6.64.